The van der Waals surface area contributed by atoms with Crippen molar-refractivity contribution < 1.29 is 43.0 Å². The molecule has 8 atom stereocenters. The molecule has 0 bridgehead atoms. The average Bonchev–Trinajstić information content (AvgIpc) is 1.78. The van der Waals surface area contributed by atoms with E-state index < -0.39 is 18.0 Å². The van der Waals surface area contributed by atoms with Gasteiger partial charge in [-0.3, -0.25) is 48.5 Å². The van der Waals surface area contributed by atoms with E-state index in [-0.39, 0.29) is 103 Å². The number of aliphatic imine (C=N–C) groups is 3. The molecule has 2 unspecified atom stereocenters. The number of amides is 6. The molecule has 121 heavy (non-hydrogen) atoms. The third-order valence-electron chi connectivity index (χ3n) is 22.2. The summed E-state index contributed by atoms with van der Waals surface area (Å²) in [5, 5.41) is 26.0. The van der Waals surface area contributed by atoms with Crippen molar-refractivity contribution >= 4 is 91.6 Å². The minimum Gasteiger partial charge on any atom is -0.484 e. The summed E-state index contributed by atoms with van der Waals surface area (Å²) in [6.07, 6.45) is 7.41. The monoisotopic (exact) mass is 1640 g/mol. The molecule has 27 heteroatoms. The molecule has 3 heterocycles. The Hall–Kier alpha value is -12.5. The van der Waals surface area contributed by atoms with Crippen LogP contribution >= 0.6 is 0 Å². The van der Waals surface area contributed by atoms with Gasteiger partial charge in [-0.2, -0.15) is 0 Å². The topological polar surface area (TPSA) is 413 Å². The zero-order valence-corrected chi connectivity index (χ0v) is 69.8. The molecule has 9 aromatic rings. The fourth-order valence-electron chi connectivity index (χ4n) is 15.4. The normalized spacial score (nSPS) is 17.9. The third kappa shape index (κ3) is 28.4. The number of para-hydroxylation sites is 1. The summed E-state index contributed by atoms with van der Waals surface area (Å²) < 4.78 is 11.8. The molecular weight excluding hydrogens is 1530 g/mol. The summed E-state index contributed by atoms with van der Waals surface area (Å²) in [6, 6.07) is 68.3. The smallest absolute Gasteiger partial charge is 0.315 e. The summed E-state index contributed by atoms with van der Waals surface area (Å²) in [5.41, 5.74) is 36.4. The number of hydrogen-bond donors (Lipinski definition) is 12. The highest BCUT2D eigenvalue weighted by molar-refractivity contribution is 6.01. The molecule has 3 fully saturated rings. The van der Waals surface area contributed by atoms with Crippen LogP contribution in [-0.4, -0.2) is 195 Å². The van der Waals surface area contributed by atoms with Gasteiger partial charge in [0.1, 0.15) is 11.9 Å². The first-order valence-corrected chi connectivity index (χ1v) is 42.3. The molecule has 0 aliphatic carbocycles. The highest BCUT2D eigenvalue weighted by atomic mass is 16.5. The van der Waals surface area contributed by atoms with Crippen molar-refractivity contribution in [2.45, 2.75) is 140 Å². The number of hydrogen-bond acceptors (Lipinski definition) is 15. The lowest BCUT2D eigenvalue weighted by molar-refractivity contribution is -0.146. The first kappa shape index (κ1) is 90.9. The second-order valence-corrected chi connectivity index (χ2v) is 30.9. The van der Waals surface area contributed by atoms with E-state index in [1.54, 1.807) is 11.8 Å². The Morgan fingerprint density at radius 2 is 0.744 bits per heavy atom. The Morgan fingerprint density at radius 1 is 0.413 bits per heavy atom. The maximum Gasteiger partial charge on any atom is 0.315 e. The zero-order valence-electron chi connectivity index (χ0n) is 69.8. The number of guanidine groups is 3. The van der Waals surface area contributed by atoms with Crippen molar-refractivity contribution in [2.75, 3.05) is 85.1 Å². The van der Waals surface area contributed by atoms with Crippen molar-refractivity contribution in [2.24, 2.45) is 55.3 Å². The first-order chi connectivity index (χ1) is 58.7. The molecule has 0 saturated carbocycles. The molecule has 27 nitrogen and oxygen atoms in total. The van der Waals surface area contributed by atoms with Gasteiger partial charge in [0.2, 0.25) is 17.7 Å². The number of benzene rings is 9. The Labute approximate surface area is 709 Å². The van der Waals surface area contributed by atoms with Crippen molar-refractivity contribution in [1.29, 1.82) is 0 Å². The van der Waals surface area contributed by atoms with Gasteiger partial charge in [-0.25, -0.2) is 0 Å². The summed E-state index contributed by atoms with van der Waals surface area (Å²) in [4.78, 5) is 111. The molecule has 3 aliphatic rings. The molecule has 3 aliphatic heterocycles. The minimum absolute atomic E-state index is 0.00291. The van der Waals surface area contributed by atoms with Gasteiger partial charge < -0.3 is 90.5 Å². The van der Waals surface area contributed by atoms with Crippen molar-refractivity contribution in [3.8, 4) is 5.75 Å². The number of carbonyl (C=O) groups excluding carboxylic acids is 7. The SMILES string of the molecule is CCC(CC)CN1CC[C@@H](CNC(=O)c2ccc3ccccc3c2)N[C@@H](CCCN=C(N)N)C1=O.CCOC(=O)C(CN1CC[C@@H](CNC(=O)c2ccc3ccccc3c2)N[C@@H](CCCN=C(N)N)C1=O)c1ccccc1.NC(N)=NCCC[C@@H]1N[C@H](CNC(=O)c2ccc3ccccc3c2)CCN(CC(Oc2ccccc2)c2ccccc2)C1=O. The van der Waals surface area contributed by atoms with Gasteiger partial charge in [0.05, 0.1) is 37.2 Å². The number of nitrogens with one attached hydrogen (secondary N) is 6. The predicted octanol–water partition coefficient (Wildman–Crippen LogP) is 9.15. The van der Waals surface area contributed by atoms with Gasteiger partial charge in [0.25, 0.3) is 17.7 Å². The van der Waals surface area contributed by atoms with Crippen LogP contribution in [0.2, 0.25) is 0 Å². The van der Waals surface area contributed by atoms with Crippen LogP contribution in [0.3, 0.4) is 0 Å². The van der Waals surface area contributed by atoms with Crippen LogP contribution in [0.5, 0.6) is 5.75 Å². The van der Waals surface area contributed by atoms with Gasteiger partial charge in [-0.05, 0) is 163 Å². The Kier molecular flexibility index (Phi) is 35.6. The Balaban J connectivity index is 0.000000192. The molecule has 0 aromatic heterocycles. The highest BCUT2D eigenvalue weighted by Gasteiger charge is 2.37. The van der Waals surface area contributed by atoms with E-state index in [0.29, 0.717) is 139 Å². The standard InChI is InChI=1S/C35H40N6O3.C32H40N6O4.C27H40N6O2/c36-35(37)38-20-9-16-31-34(43)41(24-32(26-11-3-1-4-12-26)44-30-14-5-2-6-15-30)21-19-29(40-31)23-39-33(42)28-18-17-25-10-7-8-13-27(25)22-28;1-2-42-31(41)27(23-10-4-3-5-11-23)21-38-18-16-26(37-28(30(38)40)13-8-17-35-32(33)34)20-36-29(39)25-15-14-22-9-6-7-12-24(22)19-25;1-3-19(4-2)18-33-15-13-23(32-24(26(33)35)10-7-14-30-27(28)29)17-31-25(34)22-12-11-20-8-5-6-9-21(20)16-22/h1-8,10-15,17-18,22,29,31-32,40H,9,16,19-21,23-24H2,(H,39,42)(H4,36,37,38);3-7,9-12,14-15,19,26-28,37H,2,8,13,16-18,20-21H2,1H3,(H,36,39)(H4,33,34,35);5-6,8-9,11-12,16,19,23-24,32H,3-4,7,10,13-15,17-18H2,1-2H3,(H,31,34)(H4,28,29,30)/t29-,31-,32?;26-,27?,28-;23-,24-/m000/s1. The van der Waals surface area contributed by atoms with E-state index >= 15 is 0 Å². The third-order valence-corrected chi connectivity index (χ3v) is 22.2. The molecule has 9 aromatic carbocycles. The molecule has 3 saturated heterocycles. The van der Waals surface area contributed by atoms with E-state index in [2.05, 4.69) is 60.7 Å². The molecule has 0 radical (unpaired) electrons. The van der Waals surface area contributed by atoms with E-state index in [1.165, 1.54) is 0 Å². The van der Waals surface area contributed by atoms with Gasteiger partial charge in [-0.1, -0.05) is 197 Å². The van der Waals surface area contributed by atoms with Crippen LogP contribution in [-0.2, 0) is 23.9 Å². The Morgan fingerprint density at radius 3 is 1.10 bits per heavy atom. The fourth-order valence-corrected chi connectivity index (χ4v) is 15.4. The summed E-state index contributed by atoms with van der Waals surface area (Å²) in [7, 11) is 0. The Bertz CT molecular complexity index is 4930. The lowest BCUT2D eigenvalue weighted by atomic mass is 9.98. The van der Waals surface area contributed by atoms with Gasteiger partial charge >= 0.3 is 5.97 Å². The van der Waals surface area contributed by atoms with Crippen LogP contribution in [0, 0.1) is 5.92 Å². The highest BCUT2D eigenvalue weighted by Crippen LogP contribution is 2.28. The molecule has 18 N–H and O–H groups in total. The maximum atomic E-state index is 14.0. The summed E-state index contributed by atoms with van der Waals surface area (Å²) >= 11 is 0. The van der Waals surface area contributed by atoms with E-state index in [0.717, 1.165) is 75.0 Å². The van der Waals surface area contributed by atoms with Crippen LogP contribution in [0.4, 0.5) is 0 Å². The van der Waals surface area contributed by atoms with Crippen LogP contribution in [0.15, 0.2) is 233 Å². The van der Waals surface area contributed by atoms with Crippen molar-refractivity contribution in [3.63, 3.8) is 0 Å². The fraction of sp³-hybridized carbons (Fsp3) is 0.383. The number of ether oxygens (including phenoxy) is 2. The number of esters is 1. The van der Waals surface area contributed by atoms with Crippen LogP contribution in [0.25, 0.3) is 32.3 Å². The molecular formula is C94H120N18O9. The van der Waals surface area contributed by atoms with Crippen molar-refractivity contribution in [1.82, 2.24) is 46.6 Å². The van der Waals surface area contributed by atoms with Gasteiger partial charge in [-0.15, -0.1) is 0 Å². The number of rotatable bonds is 35. The average molecular weight is 1650 g/mol. The number of nitrogens with two attached hydrogens (primary N) is 6. The molecule has 12 rings (SSSR count). The lowest BCUT2D eigenvalue weighted by Gasteiger charge is -2.29. The number of nitrogens with zero attached hydrogens (tertiary/aromatic N) is 6. The quantitative estimate of drug-likeness (QED) is 0.00762. The largest absolute Gasteiger partial charge is 0.484 e. The summed E-state index contributed by atoms with van der Waals surface area (Å²) in [6.45, 7) is 11.9. The lowest BCUT2D eigenvalue weighted by Crippen LogP contribution is -2.49. The second-order valence-electron chi connectivity index (χ2n) is 30.9. The predicted molar refractivity (Wildman–Crippen MR) is 480 cm³/mol. The second kappa shape index (κ2) is 47.4. The number of fused-ring (bicyclic) bond motifs is 3. The van der Waals surface area contributed by atoms with E-state index in [1.807, 2.05) is 228 Å². The molecule has 6 amide bonds. The molecule has 0 spiro atoms. The number of carbonyl (C=O) groups is 7. The minimum atomic E-state index is -0.610. The van der Waals surface area contributed by atoms with Crippen LogP contribution in [0.1, 0.15) is 146 Å². The van der Waals surface area contributed by atoms with Crippen molar-refractivity contribution in [3.05, 3.63) is 246 Å². The van der Waals surface area contributed by atoms with E-state index in [4.69, 9.17) is 43.9 Å². The summed E-state index contributed by atoms with van der Waals surface area (Å²) in [5.74, 6) is -0.0413. The maximum absolute atomic E-state index is 14.0. The van der Waals surface area contributed by atoms with Gasteiger partial charge in [0.15, 0.2) is 17.9 Å². The zero-order chi connectivity index (χ0) is 85.8. The first-order valence-electron chi connectivity index (χ1n) is 42.3. The van der Waals surface area contributed by atoms with Crippen LogP contribution < -0.4 is 71.0 Å². The van der Waals surface area contributed by atoms with E-state index in [9.17, 15) is 33.6 Å². The van der Waals surface area contributed by atoms with Gasteiger partial charge in [0, 0.05) is 107 Å². The molecule has 640 valence electrons.